The van der Waals surface area contributed by atoms with Crippen molar-refractivity contribution in [2.45, 2.75) is 5.92 Å². The number of nitrogens with two attached hydrogens (primary N) is 1. The number of rotatable bonds is 6. The third-order valence-electron chi connectivity index (χ3n) is 3.60. The molecular weight excluding hydrogens is 383 g/mol. The van der Waals surface area contributed by atoms with E-state index in [0.717, 1.165) is 23.5 Å². The Morgan fingerprint density at radius 2 is 1.93 bits per heavy atom. The van der Waals surface area contributed by atoms with Crippen molar-refractivity contribution < 1.29 is 27.2 Å². The van der Waals surface area contributed by atoms with Crippen LogP contribution in [0.4, 0.5) is 18.3 Å². The number of nitrogens with one attached hydrogen (secondary N) is 1. The molecule has 0 aliphatic heterocycles. The third-order valence-corrected chi connectivity index (χ3v) is 4.36. The second-order valence-corrected chi connectivity index (χ2v) is 6.33. The van der Waals surface area contributed by atoms with Crippen molar-refractivity contribution in [3.05, 3.63) is 58.7 Å². The van der Waals surface area contributed by atoms with Gasteiger partial charge in [0.2, 0.25) is 0 Å². The van der Waals surface area contributed by atoms with Crippen molar-refractivity contribution in [1.82, 2.24) is 4.98 Å². The lowest BCUT2D eigenvalue weighted by molar-refractivity contribution is -0.0281. The van der Waals surface area contributed by atoms with Gasteiger partial charge >= 0.3 is 5.92 Å². The van der Waals surface area contributed by atoms with Crippen molar-refractivity contribution in [2.24, 2.45) is 5.73 Å². The Balaban J connectivity index is 1.71. The van der Waals surface area contributed by atoms with Gasteiger partial charge in [-0.2, -0.15) is 8.78 Å². The minimum Gasteiger partial charge on any atom is -0.462 e. The number of nitrogens with zero attached hydrogens (tertiary/aromatic N) is 1. The van der Waals surface area contributed by atoms with Gasteiger partial charge in [-0.1, -0.05) is 12.1 Å². The zero-order chi connectivity index (χ0) is 19.6. The van der Waals surface area contributed by atoms with Crippen molar-refractivity contribution in [2.75, 3.05) is 12.0 Å². The summed E-state index contributed by atoms with van der Waals surface area (Å²) in [5.74, 6) is -4.50. The molecule has 6 nitrogen and oxygen atoms in total. The maximum absolute atomic E-state index is 13.3. The smallest absolute Gasteiger partial charge is 0.301 e. The zero-order valence-corrected chi connectivity index (χ0v) is 14.4. The Kier molecular flexibility index (Phi) is 5.00. The first-order chi connectivity index (χ1) is 12.8. The number of hydrogen-bond donors (Lipinski definition) is 2. The third kappa shape index (κ3) is 4.00. The summed E-state index contributed by atoms with van der Waals surface area (Å²) in [6, 6.07) is 5.77. The Bertz CT molecular complexity index is 983. The van der Waals surface area contributed by atoms with Crippen LogP contribution in [0.3, 0.4) is 0 Å². The van der Waals surface area contributed by atoms with Crippen LogP contribution in [0.15, 0.2) is 46.4 Å². The number of primary amides is 1. The molecule has 0 saturated heterocycles. The molecular formula is C17H12F3N3O3S. The summed E-state index contributed by atoms with van der Waals surface area (Å²) in [5, 5.41) is 4.37. The number of aromatic nitrogens is 1. The number of carbonyl (C=O) groups excluding carboxylic acids is 2. The van der Waals surface area contributed by atoms with Crippen LogP contribution in [0, 0.1) is 0 Å². The minimum atomic E-state index is -3.59. The van der Waals surface area contributed by atoms with Crippen LogP contribution < -0.4 is 11.1 Å². The zero-order valence-electron chi connectivity index (χ0n) is 13.5. The van der Waals surface area contributed by atoms with Gasteiger partial charge in [0.15, 0.2) is 17.6 Å². The van der Waals surface area contributed by atoms with Gasteiger partial charge in [-0.15, -0.1) is 11.3 Å². The largest absolute Gasteiger partial charge is 0.462 e. The van der Waals surface area contributed by atoms with Gasteiger partial charge in [0.05, 0.1) is 5.56 Å². The van der Waals surface area contributed by atoms with E-state index >= 15 is 0 Å². The fourth-order valence-corrected chi connectivity index (χ4v) is 2.85. The monoisotopic (exact) mass is 395 g/mol. The molecule has 140 valence electrons. The Labute approximate surface area is 154 Å². The molecule has 2 amide bonds. The molecule has 10 heteroatoms. The molecule has 0 atom stereocenters. The van der Waals surface area contributed by atoms with Crippen LogP contribution in [0.25, 0.3) is 11.5 Å². The number of benzene rings is 1. The number of furan rings is 1. The van der Waals surface area contributed by atoms with Gasteiger partial charge in [0.1, 0.15) is 12.0 Å². The maximum atomic E-state index is 13.3. The Morgan fingerprint density at radius 1 is 1.22 bits per heavy atom. The molecule has 27 heavy (non-hydrogen) atoms. The topological polar surface area (TPSA) is 98.2 Å². The average Bonchev–Trinajstić information content (AvgIpc) is 3.31. The van der Waals surface area contributed by atoms with Gasteiger partial charge < -0.3 is 10.2 Å². The summed E-state index contributed by atoms with van der Waals surface area (Å²) >= 11 is 1.11. The molecule has 0 fully saturated rings. The number of halogens is 3. The van der Waals surface area contributed by atoms with E-state index in [4.69, 9.17) is 10.2 Å². The average molecular weight is 395 g/mol. The van der Waals surface area contributed by atoms with Crippen LogP contribution in [-0.4, -0.2) is 23.5 Å². The van der Waals surface area contributed by atoms with E-state index in [9.17, 15) is 22.8 Å². The fourth-order valence-electron chi connectivity index (χ4n) is 2.16. The number of amides is 2. The molecule has 3 rings (SSSR count). The quantitative estimate of drug-likeness (QED) is 0.663. The molecule has 1 aromatic carbocycles. The van der Waals surface area contributed by atoms with Gasteiger partial charge in [0, 0.05) is 16.5 Å². The van der Waals surface area contributed by atoms with Crippen molar-refractivity contribution in [3.63, 3.8) is 0 Å². The summed E-state index contributed by atoms with van der Waals surface area (Å²) < 4.78 is 44.0. The van der Waals surface area contributed by atoms with Crippen LogP contribution in [0.5, 0.6) is 0 Å². The fraction of sp³-hybridized carbons (Fsp3) is 0.118. The Hall–Kier alpha value is -3.14. The molecule has 0 radical (unpaired) electrons. The van der Waals surface area contributed by atoms with Crippen LogP contribution >= 0.6 is 11.3 Å². The summed E-state index contributed by atoms with van der Waals surface area (Å²) in [5.41, 5.74) is 5.32. The maximum Gasteiger partial charge on any atom is 0.301 e. The highest BCUT2D eigenvalue weighted by atomic mass is 32.1. The van der Waals surface area contributed by atoms with Gasteiger partial charge in [0.25, 0.3) is 11.8 Å². The number of alkyl halides is 3. The summed E-state index contributed by atoms with van der Waals surface area (Å²) in [7, 11) is 0. The van der Waals surface area contributed by atoms with E-state index in [0.29, 0.717) is 11.5 Å². The van der Waals surface area contributed by atoms with Crippen LogP contribution in [-0.2, 0) is 5.92 Å². The molecule has 0 aliphatic carbocycles. The van der Waals surface area contributed by atoms with Gasteiger partial charge in [-0.3, -0.25) is 14.9 Å². The molecule has 0 aliphatic rings. The molecule has 3 aromatic rings. The first-order valence-electron chi connectivity index (χ1n) is 7.50. The standard InChI is InChI=1S/C17H12F3N3O3S/c18-8-17(19,20)11-3-1-9(2-4-11)15(25)23-16-22-12(7-27-16)13-5-10(6-26-13)14(21)24/h1-7H,8H2,(H2,21,24)(H,22,23,25). The molecule has 2 aromatic heterocycles. The first-order valence-corrected chi connectivity index (χ1v) is 8.38. The summed E-state index contributed by atoms with van der Waals surface area (Å²) in [4.78, 5) is 27.4. The lowest BCUT2D eigenvalue weighted by Gasteiger charge is -2.12. The molecule has 0 unspecified atom stereocenters. The van der Waals surface area contributed by atoms with Crippen molar-refractivity contribution in [3.8, 4) is 11.5 Å². The minimum absolute atomic E-state index is 0.110. The number of thiazole rings is 1. The Morgan fingerprint density at radius 3 is 2.52 bits per heavy atom. The first kappa shape index (κ1) is 18.6. The number of anilines is 1. The predicted octanol–water partition coefficient (Wildman–Crippen LogP) is 3.82. The highest BCUT2D eigenvalue weighted by molar-refractivity contribution is 7.14. The van der Waals surface area contributed by atoms with E-state index in [-0.39, 0.29) is 16.3 Å². The second-order valence-electron chi connectivity index (χ2n) is 5.47. The summed E-state index contributed by atoms with van der Waals surface area (Å²) in [6.45, 7) is -1.81. The van der Waals surface area contributed by atoms with Crippen molar-refractivity contribution in [1.29, 1.82) is 0 Å². The molecule has 0 saturated carbocycles. The summed E-state index contributed by atoms with van der Waals surface area (Å²) in [6.07, 6.45) is 1.20. The van der Waals surface area contributed by atoms with Crippen molar-refractivity contribution >= 4 is 28.3 Å². The van der Waals surface area contributed by atoms with Gasteiger partial charge in [-0.25, -0.2) is 9.37 Å². The van der Waals surface area contributed by atoms with E-state index in [1.807, 2.05) is 0 Å². The molecule has 3 N–H and O–H groups in total. The normalized spacial score (nSPS) is 11.4. The highest BCUT2D eigenvalue weighted by Gasteiger charge is 2.31. The molecule has 0 spiro atoms. The lowest BCUT2D eigenvalue weighted by Crippen LogP contribution is -2.17. The van der Waals surface area contributed by atoms with E-state index in [2.05, 4.69) is 10.3 Å². The predicted molar refractivity (Wildman–Crippen MR) is 92.6 cm³/mol. The number of hydrogen-bond acceptors (Lipinski definition) is 5. The lowest BCUT2D eigenvalue weighted by atomic mass is 10.1. The SMILES string of the molecule is NC(=O)c1coc(-c2csc(NC(=O)c3ccc(C(F)(F)CF)cc3)n2)c1. The van der Waals surface area contributed by atoms with Crippen LogP contribution in [0.1, 0.15) is 26.3 Å². The van der Waals surface area contributed by atoms with E-state index in [1.165, 1.54) is 24.5 Å². The number of carbonyl (C=O) groups is 2. The molecule has 2 heterocycles. The van der Waals surface area contributed by atoms with Gasteiger partial charge in [-0.05, 0) is 18.2 Å². The van der Waals surface area contributed by atoms with Crippen LogP contribution in [0.2, 0.25) is 0 Å². The highest BCUT2D eigenvalue weighted by Crippen LogP contribution is 2.29. The second kappa shape index (κ2) is 7.23. The van der Waals surface area contributed by atoms with E-state index < -0.39 is 30.0 Å². The van der Waals surface area contributed by atoms with E-state index in [1.54, 1.807) is 5.38 Å². The molecule has 0 bridgehead atoms.